The van der Waals surface area contributed by atoms with Gasteiger partial charge in [-0.1, -0.05) is 36.4 Å². The zero-order valence-corrected chi connectivity index (χ0v) is 15.5. The van der Waals surface area contributed by atoms with E-state index in [0.29, 0.717) is 11.4 Å². The molecule has 3 aromatic rings. The Kier molecular flexibility index (Phi) is 5.07. The first kappa shape index (κ1) is 17.0. The number of benzene rings is 2. The van der Waals surface area contributed by atoms with Crippen molar-refractivity contribution in [3.8, 4) is 0 Å². The van der Waals surface area contributed by atoms with Crippen molar-refractivity contribution >= 4 is 34.1 Å². The number of hydrogen-bond acceptors (Lipinski definition) is 2. The van der Waals surface area contributed by atoms with E-state index in [2.05, 4.69) is 6.92 Å². The molecule has 116 valence electrons. The standard InChI is InChI=1S/C18H15N2O2.W/c1-13(21)19-12-18(16-10-6-7-11-17(16)19)20(14(2)22)15-8-4-3-5-9-15;/h3-12H,2H2,1H3;/q-1;. The molecule has 2 aromatic carbocycles. The van der Waals surface area contributed by atoms with E-state index in [1.165, 1.54) is 11.8 Å². The molecule has 23 heavy (non-hydrogen) atoms. The number of carbonyl (C=O) groups excluding carboxylic acids is 2. The molecule has 4 nitrogen and oxygen atoms in total. The molecule has 3 rings (SSSR count). The zero-order chi connectivity index (χ0) is 15.7. The molecule has 0 N–H and O–H groups in total. The van der Waals surface area contributed by atoms with E-state index in [4.69, 9.17) is 0 Å². The van der Waals surface area contributed by atoms with Crippen LogP contribution >= 0.6 is 0 Å². The van der Waals surface area contributed by atoms with Gasteiger partial charge in [0, 0.05) is 45.3 Å². The summed E-state index contributed by atoms with van der Waals surface area (Å²) in [6.07, 6.45) is 1.68. The Labute approximate surface area is 149 Å². The summed E-state index contributed by atoms with van der Waals surface area (Å²) in [6, 6.07) is 16.8. The van der Waals surface area contributed by atoms with E-state index >= 15 is 0 Å². The molecular formula is C18H15N2O2W-. The van der Waals surface area contributed by atoms with Crippen LogP contribution < -0.4 is 4.90 Å². The topological polar surface area (TPSA) is 42.3 Å². The van der Waals surface area contributed by atoms with Crippen LogP contribution in [0.3, 0.4) is 0 Å². The maximum absolute atomic E-state index is 12.1. The van der Waals surface area contributed by atoms with Gasteiger partial charge in [0.2, 0.25) is 5.91 Å². The minimum Gasteiger partial charge on any atom is -0.318 e. The maximum atomic E-state index is 12.1. The number of aromatic nitrogens is 1. The molecule has 0 spiro atoms. The summed E-state index contributed by atoms with van der Waals surface area (Å²) in [5.74, 6) is -0.454. The number of carbonyl (C=O) groups is 2. The molecule has 1 aromatic heterocycles. The first-order valence-corrected chi connectivity index (χ1v) is 6.91. The van der Waals surface area contributed by atoms with Crippen LogP contribution in [0.25, 0.3) is 10.9 Å². The molecule has 0 bridgehead atoms. The van der Waals surface area contributed by atoms with Gasteiger partial charge in [0.1, 0.15) is 0 Å². The van der Waals surface area contributed by atoms with Crippen molar-refractivity contribution in [3.05, 3.63) is 67.7 Å². The van der Waals surface area contributed by atoms with E-state index in [1.54, 1.807) is 10.8 Å². The van der Waals surface area contributed by atoms with Crippen molar-refractivity contribution in [1.82, 2.24) is 4.57 Å². The van der Waals surface area contributed by atoms with Gasteiger partial charge in [0.15, 0.2) is 0 Å². The third-order valence-electron chi connectivity index (χ3n) is 3.53. The van der Waals surface area contributed by atoms with Crippen LogP contribution in [0.15, 0.2) is 60.8 Å². The van der Waals surface area contributed by atoms with Gasteiger partial charge in [-0.15, -0.1) is 0 Å². The van der Waals surface area contributed by atoms with Gasteiger partial charge in [0.05, 0.1) is 17.1 Å². The second-order valence-corrected chi connectivity index (χ2v) is 4.99. The van der Waals surface area contributed by atoms with Crippen LogP contribution in [-0.4, -0.2) is 16.4 Å². The van der Waals surface area contributed by atoms with Gasteiger partial charge in [-0.25, -0.2) is 0 Å². The maximum Gasteiger partial charge on any atom is 0.228 e. The van der Waals surface area contributed by atoms with Crippen molar-refractivity contribution in [2.45, 2.75) is 6.92 Å². The van der Waals surface area contributed by atoms with Crippen LogP contribution in [-0.2, 0) is 25.9 Å². The summed E-state index contributed by atoms with van der Waals surface area (Å²) >= 11 is 0. The molecule has 5 heteroatoms. The average Bonchev–Trinajstić information content (AvgIpc) is 2.88. The SMILES string of the molecule is [CH2-]C(=O)N(c1ccccc1)c1cn(C(C)=O)c2ccccc12.[W]. The van der Waals surface area contributed by atoms with E-state index in [0.717, 1.165) is 10.9 Å². The molecule has 0 aliphatic rings. The molecule has 0 fully saturated rings. The third kappa shape index (κ3) is 3.08. The smallest absolute Gasteiger partial charge is 0.228 e. The summed E-state index contributed by atoms with van der Waals surface area (Å²) in [7, 11) is 0. The summed E-state index contributed by atoms with van der Waals surface area (Å²) in [5, 5.41) is 0.832. The van der Waals surface area contributed by atoms with Crippen LogP contribution in [0, 0.1) is 6.92 Å². The van der Waals surface area contributed by atoms with E-state index in [9.17, 15) is 9.59 Å². The summed E-state index contributed by atoms with van der Waals surface area (Å²) < 4.78 is 1.55. The molecule has 0 aliphatic carbocycles. The Morgan fingerprint density at radius 1 is 1.00 bits per heavy atom. The van der Waals surface area contributed by atoms with Crippen molar-refractivity contribution in [3.63, 3.8) is 0 Å². The van der Waals surface area contributed by atoms with Crippen molar-refractivity contribution in [2.75, 3.05) is 4.90 Å². The van der Waals surface area contributed by atoms with Gasteiger partial charge in [-0.2, -0.15) is 0 Å². The number of anilines is 2. The fraction of sp³-hybridized carbons (Fsp3) is 0.0556. The van der Waals surface area contributed by atoms with Gasteiger partial charge < -0.3 is 16.6 Å². The fourth-order valence-electron chi connectivity index (χ4n) is 2.59. The zero-order valence-electron chi connectivity index (χ0n) is 12.6. The van der Waals surface area contributed by atoms with Crippen LogP contribution in [0.4, 0.5) is 11.4 Å². The monoisotopic (exact) mass is 475 g/mol. The summed E-state index contributed by atoms with van der Waals surface area (Å²) in [5.41, 5.74) is 2.14. The second-order valence-electron chi connectivity index (χ2n) is 4.99. The van der Waals surface area contributed by atoms with Crippen LogP contribution in [0.5, 0.6) is 0 Å². The molecule has 0 saturated heterocycles. The fourth-order valence-corrected chi connectivity index (χ4v) is 2.59. The molecule has 0 atom stereocenters. The number of para-hydroxylation sites is 2. The number of hydrogen-bond donors (Lipinski definition) is 0. The average molecular weight is 475 g/mol. The van der Waals surface area contributed by atoms with Crippen LogP contribution in [0.1, 0.15) is 11.7 Å². The first-order chi connectivity index (χ1) is 10.6. The number of fused-ring (bicyclic) bond motifs is 1. The molecular weight excluding hydrogens is 460 g/mol. The van der Waals surface area contributed by atoms with Crippen molar-refractivity contribution in [1.29, 1.82) is 0 Å². The van der Waals surface area contributed by atoms with Crippen molar-refractivity contribution < 1.29 is 30.7 Å². The minimum absolute atomic E-state index is 0. The largest absolute Gasteiger partial charge is 0.318 e. The molecule has 0 saturated carbocycles. The summed E-state index contributed by atoms with van der Waals surface area (Å²) in [6.45, 7) is 5.04. The first-order valence-electron chi connectivity index (χ1n) is 6.91. The molecule has 0 unspecified atom stereocenters. The third-order valence-corrected chi connectivity index (χ3v) is 3.53. The number of rotatable bonds is 2. The van der Waals surface area contributed by atoms with Gasteiger partial charge in [0.25, 0.3) is 0 Å². The molecule has 0 aliphatic heterocycles. The minimum atomic E-state index is -0.349. The van der Waals surface area contributed by atoms with Gasteiger partial charge >= 0.3 is 0 Å². The normalized spacial score (nSPS) is 10.1. The Balaban J connectivity index is 0.00000192. The predicted octanol–water partition coefficient (Wildman–Crippen LogP) is 3.80. The Morgan fingerprint density at radius 2 is 1.61 bits per heavy atom. The van der Waals surface area contributed by atoms with E-state index in [-0.39, 0.29) is 32.9 Å². The Hall–Kier alpha value is -2.32. The van der Waals surface area contributed by atoms with Crippen molar-refractivity contribution in [2.24, 2.45) is 0 Å². The number of amides is 1. The molecule has 0 radical (unpaired) electrons. The summed E-state index contributed by atoms with van der Waals surface area (Å²) in [4.78, 5) is 25.4. The van der Waals surface area contributed by atoms with Crippen LogP contribution in [0.2, 0.25) is 0 Å². The number of nitrogens with zero attached hydrogens (tertiary/aromatic N) is 2. The molecule has 1 amide bonds. The second kappa shape index (κ2) is 6.84. The van der Waals surface area contributed by atoms with Gasteiger partial charge in [-0.3, -0.25) is 9.36 Å². The predicted molar refractivity (Wildman–Crippen MR) is 87.2 cm³/mol. The van der Waals surface area contributed by atoms with Gasteiger partial charge in [-0.05, 0) is 18.2 Å². The van der Waals surface area contributed by atoms with E-state index < -0.39 is 0 Å². The Bertz CT molecular complexity index is 856. The van der Waals surface area contributed by atoms with E-state index in [1.807, 2.05) is 54.6 Å². The quantitative estimate of drug-likeness (QED) is 0.530. The Morgan fingerprint density at radius 3 is 2.22 bits per heavy atom. The molecule has 1 heterocycles.